The highest BCUT2D eigenvalue weighted by Gasteiger charge is 2.16. The van der Waals surface area contributed by atoms with Crippen molar-refractivity contribution in [3.63, 3.8) is 0 Å². The topological polar surface area (TPSA) is 79.2 Å². The first-order valence-electron chi connectivity index (χ1n) is 7.32. The maximum Gasteiger partial charge on any atom is 0.338 e. The van der Waals surface area contributed by atoms with Crippen molar-refractivity contribution in [2.75, 3.05) is 6.61 Å². The third-order valence-corrected chi connectivity index (χ3v) is 3.39. The largest absolute Gasteiger partial charge is 0.452 e. The number of nitrogens with zero attached hydrogens (tertiary/aromatic N) is 1. The van der Waals surface area contributed by atoms with Gasteiger partial charge in [0.05, 0.1) is 23.2 Å². The first-order valence-corrected chi connectivity index (χ1v) is 7.32. The summed E-state index contributed by atoms with van der Waals surface area (Å²) < 4.78 is 31.4. The molecule has 0 aliphatic rings. The average molecular weight is 344 g/mol. The molecule has 0 saturated carbocycles. The lowest BCUT2D eigenvalue weighted by atomic mass is 10.1. The third-order valence-electron chi connectivity index (χ3n) is 3.39. The first-order chi connectivity index (χ1) is 11.9. The van der Waals surface area contributed by atoms with Crippen LogP contribution in [0.4, 0.5) is 8.78 Å². The fourth-order valence-corrected chi connectivity index (χ4v) is 2.11. The van der Waals surface area contributed by atoms with E-state index in [1.807, 2.05) is 6.07 Å². The van der Waals surface area contributed by atoms with E-state index < -0.39 is 36.2 Å². The molecule has 5 nitrogen and oxygen atoms in total. The molecular weight excluding hydrogens is 330 g/mol. The Morgan fingerprint density at radius 2 is 1.88 bits per heavy atom. The average Bonchev–Trinajstić information content (AvgIpc) is 2.59. The van der Waals surface area contributed by atoms with Crippen LogP contribution in [0.15, 0.2) is 42.5 Å². The number of hydrogen-bond acceptors (Lipinski definition) is 4. The minimum Gasteiger partial charge on any atom is -0.452 e. The van der Waals surface area contributed by atoms with Crippen molar-refractivity contribution >= 4 is 11.9 Å². The van der Waals surface area contributed by atoms with E-state index in [1.165, 1.54) is 37.3 Å². The Morgan fingerprint density at radius 3 is 2.48 bits per heavy atom. The minimum atomic E-state index is -0.776. The van der Waals surface area contributed by atoms with E-state index in [0.29, 0.717) is 5.56 Å². The summed E-state index contributed by atoms with van der Waals surface area (Å²) in [5.41, 5.74) is 0.710. The molecule has 2 rings (SSSR count). The highest BCUT2D eigenvalue weighted by molar-refractivity contribution is 5.91. The standard InChI is InChI=1S/C18H14F2N2O3/c1-11(15-7-6-14(19)8-16(15)20)22-17(23)10-25-18(24)13-4-2-12(9-21)3-5-13/h2-8,11H,10H2,1H3,(H,22,23)/t11-/m0/s1. The van der Waals surface area contributed by atoms with E-state index in [9.17, 15) is 18.4 Å². The number of ether oxygens (including phenoxy) is 1. The second-order valence-electron chi connectivity index (χ2n) is 5.22. The van der Waals surface area contributed by atoms with Crippen molar-refractivity contribution in [3.05, 3.63) is 70.8 Å². The molecule has 2 aromatic carbocycles. The Bertz CT molecular complexity index is 829. The van der Waals surface area contributed by atoms with Crippen LogP contribution in [0.1, 0.15) is 34.5 Å². The number of carbonyl (C=O) groups excluding carboxylic acids is 2. The molecule has 0 radical (unpaired) electrons. The summed E-state index contributed by atoms with van der Waals surface area (Å²) in [5.74, 6) is -2.84. The maximum absolute atomic E-state index is 13.6. The predicted molar refractivity (Wildman–Crippen MR) is 84.4 cm³/mol. The van der Waals surface area contributed by atoms with Gasteiger partial charge in [0, 0.05) is 11.6 Å². The summed E-state index contributed by atoms with van der Waals surface area (Å²) in [6.07, 6.45) is 0. The zero-order valence-corrected chi connectivity index (χ0v) is 13.3. The van der Waals surface area contributed by atoms with E-state index in [-0.39, 0.29) is 11.1 Å². The van der Waals surface area contributed by atoms with Crippen LogP contribution in [0.25, 0.3) is 0 Å². The highest BCUT2D eigenvalue weighted by Crippen LogP contribution is 2.17. The number of esters is 1. The van der Waals surface area contributed by atoms with Gasteiger partial charge in [0.25, 0.3) is 5.91 Å². The van der Waals surface area contributed by atoms with Gasteiger partial charge in [-0.25, -0.2) is 13.6 Å². The Hall–Kier alpha value is -3.27. The number of amides is 1. The van der Waals surface area contributed by atoms with Crippen LogP contribution in [-0.2, 0) is 9.53 Å². The molecule has 0 bridgehead atoms. The van der Waals surface area contributed by atoms with Crippen LogP contribution in [0.3, 0.4) is 0 Å². The molecule has 0 aromatic heterocycles. The summed E-state index contributed by atoms with van der Waals surface area (Å²) in [6.45, 7) is 0.975. The van der Waals surface area contributed by atoms with Gasteiger partial charge in [-0.3, -0.25) is 4.79 Å². The minimum absolute atomic E-state index is 0.119. The molecule has 2 aromatic rings. The second-order valence-corrected chi connectivity index (χ2v) is 5.22. The van der Waals surface area contributed by atoms with Crippen LogP contribution >= 0.6 is 0 Å². The Balaban J connectivity index is 1.89. The highest BCUT2D eigenvalue weighted by atomic mass is 19.1. The van der Waals surface area contributed by atoms with Gasteiger partial charge < -0.3 is 10.1 Å². The van der Waals surface area contributed by atoms with Gasteiger partial charge in [-0.05, 0) is 37.3 Å². The smallest absolute Gasteiger partial charge is 0.338 e. The maximum atomic E-state index is 13.6. The lowest BCUT2D eigenvalue weighted by Gasteiger charge is -2.15. The van der Waals surface area contributed by atoms with Gasteiger partial charge in [-0.1, -0.05) is 6.07 Å². The predicted octanol–water partition coefficient (Wildman–Crippen LogP) is 2.87. The van der Waals surface area contributed by atoms with E-state index >= 15 is 0 Å². The zero-order valence-electron chi connectivity index (χ0n) is 13.3. The van der Waals surface area contributed by atoms with Crippen molar-refractivity contribution in [1.82, 2.24) is 5.32 Å². The van der Waals surface area contributed by atoms with E-state index in [0.717, 1.165) is 12.1 Å². The fourth-order valence-electron chi connectivity index (χ4n) is 2.11. The van der Waals surface area contributed by atoms with Crippen LogP contribution in [-0.4, -0.2) is 18.5 Å². The molecule has 1 atom stereocenters. The molecular formula is C18H14F2N2O3. The number of carbonyl (C=O) groups is 2. The van der Waals surface area contributed by atoms with Crippen molar-refractivity contribution in [2.45, 2.75) is 13.0 Å². The lowest BCUT2D eigenvalue weighted by molar-refractivity contribution is -0.124. The van der Waals surface area contributed by atoms with E-state index in [2.05, 4.69) is 5.32 Å². The van der Waals surface area contributed by atoms with Crippen molar-refractivity contribution in [3.8, 4) is 6.07 Å². The SMILES string of the molecule is C[C@H](NC(=O)COC(=O)c1ccc(C#N)cc1)c1ccc(F)cc1F. The number of halogens is 2. The summed E-state index contributed by atoms with van der Waals surface area (Å²) >= 11 is 0. The number of nitrogens with one attached hydrogen (secondary N) is 1. The summed E-state index contributed by atoms with van der Waals surface area (Å²) in [7, 11) is 0. The Kier molecular flexibility index (Phi) is 5.79. The second kappa shape index (κ2) is 8.02. The van der Waals surface area contributed by atoms with E-state index in [1.54, 1.807) is 0 Å². The molecule has 25 heavy (non-hydrogen) atoms. The normalized spacial score (nSPS) is 11.3. The molecule has 128 valence electrons. The van der Waals surface area contributed by atoms with Crippen molar-refractivity contribution < 1.29 is 23.1 Å². The molecule has 7 heteroatoms. The van der Waals surface area contributed by atoms with Crippen molar-refractivity contribution in [2.24, 2.45) is 0 Å². The number of rotatable bonds is 5. The van der Waals surface area contributed by atoms with Gasteiger partial charge in [-0.15, -0.1) is 0 Å². The van der Waals surface area contributed by atoms with Crippen molar-refractivity contribution in [1.29, 1.82) is 5.26 Å². The van der Waals surface area contributed by atoms with Crippen LogP contribution in [0, 0.1) is 23.0 Å². The van der Waals surface area contributed by atoms with Crippen LogP contribution in [0.5, 0.6) is 0 Å². The molecule has 0 aliphatic carbocycles. The van der Waals surface area contributed by atoms with Gasteiger partial charge in [0.15, 0.2) is 6.61 Å². The Morgan fingerprint density at radius 1 is 1.20 bits per heavy atom. The molecule has 0 fully saturated rings. The quantitative estimate of drug-likeness (QED) is 0.846. The molecule has 1 amide bonds. The van der Waals surface area contributed by atoms with Gasteiger partial charge in [-0.2, -0.15) is 5.26 Å². The van der Waals surface area contributed by atoms with E-state index in [4.69, 9.17) is 10.00 Å². The summed E-state index contributed by atoms with van der Waals surface area (Å²) in [6, 6.07) is 9.98. The van der Waals surface area contributed by atoms with Crippen LogP contribution < -0.4 is 5.32 Å². The molecule has 0 aliphatic heterocycles. The summed E-state index contributed by atoms with van der Waals surface area (Å²) in [4.78, 5) is 23.6. The molecule has 0 saturated heterocycles. The first kappa shape index (κ1) is 18.1. The molecule has 1 N–H and O–H groups in total. The lowest BCUT2D eigenvalue weighted by Crippen LogP contribution is -2.31. The van der Waals surface area contributed by atoms with Gasteiger partial charge in [0.1, 0.15) is 11.6 Å². The van der Waals surface area contributed by atoms with Gasteiger partial charge >= 0.3 is 5.97 Å². The molecule has 0 spiro atoms. The number of benzene rings is 2. The summed E-state index contributed by atoms with van der Waals surface area (Å²) in [5, 5.41) is 11.1. The van der Waals surface area contributed by atoms with Gasteiger partial charge in [0.2, 0.25) is 0 Å². The fraction of sp³-hybridized carbons (Fsp3) is 0.167. The molecule has 0 heterocycles. The zero-order chi connectivity index (χ0) is 18.4. The third kappa shape index (κ3) is 4.85. The van der Waals surface area contributed by atoms with Crippen LogP contribution in [0.2, 0.25) is 0 Å². The molecule has 0 unspecified atom stereocenters. The Labute approximate surface area is 142 Å². The monoisotopic (exact) mass is 344 g/mol. The number of hydrogen-bond donors (Lipinski definition) is 1. The number of nitriles is 1.